The minimum Gasteiger partial charge on any atom is -0.144 e. The van der Waals surface area contributed by atoms with Crippen molar-refractivity contribution in [3.05, 3.63) is 5.92 Å². The first kappa shape index (κ1) is 5.49. The molecule has 1 radical (unpaired) electrons. The van der Waals surface area contributed by atoms with Crippen LogP contribution in [-0.2, 0) is 0 Å². The number of rotatable bonds is 0. The van der Waals surface area contributed by atoms with Crippen LogP contribution in [0.3, 0.4) is 0 Å². The molecule has 0 fully saturated rings. The van der Waals surface area contributed by atoms with Crippen molar-refractivity contribution in [3.63, 3.8) is 0 Å². The summed E-state index contributed by atoms with van der Waals surface area (Å²) in [5, 5.41) is 0. The second kappa shape index (κ2) is 2.71. The van der Waals surface area contributed by atoms with Crippen LogP contribution in [-0.4, -0.2) is 0 Å². The Kier molecular flexibility index (Phi) is 2.48. The third-order valence-electron chi connectivity index (χ3n) is 0.297. The maximum Gasteiger partial charge on any atom is 0.106 e. The van der Waals surface area contributed by atoms with Gasteiger partial charge in [0.05, 0.1) is 0 Å². The maximum absolute atomic E-state index is 10.9. The van der Waals surface area contributed by atoms with E-state index < -0.39 is 0 Å². The summed E-state index contributed by atoms with van der Waals surface area (Å²) in [7, 11) is 0. The monoisotopic (exact) mass is 85.0 g/mol. The molecule has 0 aromatic heterocycles. The summed E-state index contributed by atoms with van der Waals surface area (Å²) in [5.74, 6) is 3.01. The summed E-state index contributed by atoms with van der Waals surface area (Å²) >= 11 is 0. The first-order chi connectivity index (χ1) is 2.77. The third kappa shape index (κ3) is 3.49. The molecule has 0 rings (SSSR count). The zero-order valence-electron chi connectivity index (χ0n) is 3.88. The number of halogens is 1. The van der Waals surface area contributed by atoms with Gasteiger partial charge in [0.2, 0.25) is 0 Å². The Morgan fingerprint density at radius 3 is 2.00 bits per heavy atom. The highest BCUT2D eigenvalue weighted by Crippen LogP contribution is 1.87. The summed E-state index contributed by atoms with van der Waals surface area (Å²) in [6.07, 6.45) is 1.28. The first-order valence-electron chi connectivity index (χ1n) is 1.69. The van der Waals surface area contributed by atoms with Crippen LogP contribution < -0.4 is 0 Å². The fourth-order valence-corrected chi connectivity index (χ4v) is 0.0945. The summed E-state index contributed by atoms with van der Waals surface area (Å²) < 4.78 is 10.9. The lowest BCUT2D eigenvalue weighted by Gasteiger charge is -1.79. The Labute approximate surface area is 37.4 Å². The van der Waals surface area contributed by atoms with Gasteiger partial charge in [0, 0.05) is 5.92 Å². The average molecular weight is 85.1 g/mol. The van der Waals surface area contributed by atoms with E-state index in [2.05, 4.69) is 5.92 Å². The zero-order chi connectivity index (χ0) is 4.99. The number of hydrogen-bond acceptors (Lipinski definition) is 0. The molecule has 33 valence electrons. The van der Waals surface area contributed by atoms with Gasteiger partial charge in [-0.1, -0.05) is 5.92 Å². The molecule has 0 spiro atoms. The predicted octanol–water partition coefficient (Wildman–Crippen LogP) is 1.53. The molecule has 6 heavy (non-hydrogen) atoms. The molecule has 0 N–H and O–H groups in total. The molecule has 0 heterocycles. The van der Waals surface area contributed by atoms with Crippen molar-refractivity contribution in [2.75, 3.05) is 0 Å². The van der Waals surface area contributed by atoms with Crippen molar-refractivity contribution in [1.29, 1.82) is 0 Å². The van der Waals surface area contributed by atoms with Crippen LogP contribution in [0.1, 0.15) is 13.8 Å². The number of hydrogen-bond donors (Lipinski definition) is 0. The topological polar surface area (TPSA) is 0 Å². The van der Waals surface area contributed by atoms with E-state index in [4.69, 9.17) is 0 Å². The molecule has 0 unspecified atom stereocenters. The third-order valence-corrected chi connectivity index (χ3v) is 0.297. The highest BCUT2D eigenvalue weighted by Gasteiger charge is 1.78. The second-order valence-electron chi connectivity index (χ2n) is 1.22. The lowest BCUT2D eigenvalue weighted by molar-refractivity contribution is 0.772. The van der Waals surface area contributed by atoms with E-state index in [1.807, 2.05) is 0 Å². The van der Waals surface area contributed by atoms with Crippen LogP contribution in [0.15, 0.2) is 0 Å². The fraction of sp³-hybridized carbons (Fsp3) is 0.400. The minimum absolute atomic E-state index is 0.803. The van der Waals surface area contributed by atoms with Crippen LogP contribution >= 0.6 is 0 Å². The molecule has 0 aromatic rings. The van der Waals surface area contributed by atoms with E-state index in [9.17, 15) is 4.39 Å². The Morgan fingerprint density at radius 1 is 1.50 bits per heavy atom. The summed E-state index contributed by atoms with van der Waals surface area (Å²) in [6, 6.07) is 0. The van der Waals surface area contributed by atoms with Gasteiger partial charge in [-0.2, -0.15) is 0 Å². The largest absolute Gasteiger partial charge is 0.144 e. The molecule has 0 nitrogen and oxygen atoms in total. The minimum atomic E-state index is 0.803. The molecule has 0 bridgehead atoms. The molecule has 0 aromatic carbocycles. The van der Waals surface area contributed by atoms with Crippen molar-refractivity contribution in [2.24, 2.45) is 0 Å². The molecule has 0 atom stereocenters. The van der Waals surface area contributed by atoms with Crippen molar-refractivity contribution < 1.29 is 4.39 Å². The van der Waals surface area contributed by atoms with Gasteiger partial charge in [-0.05, 0) is 13.8 Å². The molecule has 0 aliphatic carbocycles. The molecule has 0 aliphatic rings. The predicted molar refractivity (Wildman–Crippen MR) is 23.5 cm³/mol. The molecule has 0 saturated carbocycles. The zero-order valence-corrected chi connectivity index (χ0v) is 3.88. The highest BCUT2D eigenvalue weighted by molar-refractivity contribution is 5.12. The van der Waals surface area contributed by atoms with E-state index in [1.54, 1.807) is 13.8 Å². The Morgan fingerprint density at radius 2 is 2.00 bits per heavy atom. The SMILES string of the molecule is C[C](C)C#CF. The fourth-order valence-electron chi connectivity index (χ4n) is 0.0945. The van der Waals surface area contributed by atoms with Crippen LogP contribution in [0.25, 0.3) is 0 Å². The van der Waals surface area contributed by atoms with Crippen molar-refractivity contribution in [2.45, 2.75) is 13.8 Å². The Bertz CT molecular complexity index is 73.7. The standard InChI is InChI=1S/C5H6F/c1-5(2)3-4-6/h1-2H3. The average Bonchev–Trinajstić information content (AvgIpc) is 1.35. The van der Waals surface area contributed by atoms with Crippen LogP contribution in [0.4, 0.5) is 4.39 Å². The van der Waals surface area contributed by atoms with Gasteiger partial charge >= 0.3 is 0 Å². The van der Waals surface area contributed by atoms with Gasteiger partial charge in [0.25, 0.3) is 0 Å². The van der Waals surface area contributed by atoms with E-state index in [-0.39, 0.29) is 0 Å². The van der Waals surface area contributed by atoms with Gasteiger partial charge in [-0.3, -0.25) is 0 Å². The molecular weight excluding hydrogens is 79.1 g/mol. The van der Waals surface area contributed by atoms with Crippen LogP contribution in [0.2, 0.25) is 0 Å². The molecule has 0 aliphatic heterocycles. The van der Waals surface area contributed by atoms with Gasteiger partial charge < -0.3 is 0 Å². The Hall–Kier alpha value is -0.510. The van der Waals surface area contributed by atoms with Crippen molar-refractivity contribution in [3.8, 4) is 12.1 Å². The highest BCUT2D eigenvalue weighted by atomic mass is 19.1. The second-order valence-corrected chi connectivity index (χ2v) is 1.22. The van der Waals surface area contributed by atoms with Gasteiger partial charge in [0.15, 0.2) is 0 Å². The normalized spacial score (nSPS) is 7.33. The van der Waals surface area contributed by atoms with E-state index in [1.165, 1.54) is 6.17 Å². The molecule has 1 heteroatoms. The lowest BCUT2D eigenvalue weighted by atomic mass is 10.2. The summed E-state index contributed by atoms with van der Waals surface area (Å²) in [5.41, 5.74) is 0. The molecular formula is C5H6F. The molecule has 0 amide bonds. The summed E-state index contributed by atoms with van der Waals surface area (Å²) in [6.45, 7) is 3.51. The van der Waals surface area contributed by atoms with Crippen molar-refractivity contribution >= 4 is 0 Å². The van der Waals surface area contributed by atoms with E-state index >= 15 is 0 Å². The van der Waals surface area contributed by atoms with Gasteiger partial charge in [0.1, 0.15) is 6.17 Å². The van der Waals surface area contributed by atoms with Crippen LogP contribution in [0.5, 0.6) is 0 Å². The Balaban J connectivity index is 3.20. The summed E-state index contributed by atoms with van der Waals surface area (Å²) in [4.78, 5) is 0. The quantitative estimate of drug-likeness (QED) is 0.391. The first-order valence-corrected chi connectivity index (χ1v) is 1.69. The van der Waals surface area contributed by atoms with Crippen LogP contribution in [0, 0.1) is 18.0 Å². The van der Waals surface area contributed by atoms with Gasteiger partial charge in [-0.15, -0.1) is 4.39 Å². The van der Waals surface area contributed by atoms with E-state index in [0.29, 0.717) is 0 Å². The van der Waals surface area contributed by atoms with Gasteiger partial charge in [-0.25, -0.2) is 0 Å². The van der Waals surface area contributed by atoms with Crippen molar-refractivity contribution in [1.82, 2.24) is 0 Å². The van der Waals surface area contributed by atoms with E-state index in [0.717, 1.165) is 5.92 Å². The lowest BCUT2D eigenvalue weighted by Crippen LogP contribution is -1.70. The smallest absolute Gasteiger partial charge is 0.106 e. The molecule has 0 saturated heterocycles. The maximum atomic E-state index is 10.9.